The van der Waals surface area contributed by atoms with Gasteiger partial charge in [0, 0.05) is 12.5 Å². The van der Waals surface area contributed by atoms with Gasteiger partial charge in [0.2, 0.25) is 0 Å². The summed E-state index contributed by atoms with van der Waals surface area (Å²) in [5, 5.41) is 14.2. The molecule has 90 valence electrons. The Hall–Kier alpha value is -0.350. The van der Waals surface area contributed by atoms with Crippen molar-refractivity contribution >= 4 is 15.9 Å². The number of rotatable bonds is 3. The van der Waals surface area contributed by atoms with Gasteiger partial charge in [0.25, 0.3) is 0 Å². The SMILES string of the molecule is CCCn1ncc(Br)c1C1CCC(O)C1C. The van der Waals surface area contributed by atoms with E-state index in [0.717, 1.165) is 30.3 Å². The second kappa shape index (κ2) is 4.88. The van der Waals surface area contributed by atoms with E-state index in [-0.39, 0.29) is 6.10 Å². The van der Waals surface area contributed by atoms with Gasteiger partial charge < -0.3 is 5.11 Å². The molecule has 1 aliphatic rings. The molecule has 16 heavy (non-hydrogen) atoms. The molecule has 1 N–H and O–H groups in total. The highest BCUT2D eigenvalue weighted by Gasteiger charge is 2.35. The number of halogens is 1. The van der Waals surface area contributed by atoms with E-state index in [9.17, 15) is 5.11 Å². The van der Waals surface area contributed by atoms with Crippen LogP contribution in [0.25, 0.3) is 0 Å². The quantitative estimate of drug-likeness (QED) is 0.928. The van der Waals surface area contributed by atoms with Crippen LogP contribution in [0, 0.1) is 5.92 Å². The Morgan fingerprint density at radius 3 is 2.88 bits per heavy atom. The second-order valence-electron chi connectivity index (χ2n) is 4.71. The van der Waals surface area contributed by atoms with Crippen molar-refractivity contribution in [1.29, 1.82) is 0 Å². The van der Waals surface area contributed by atoms with Gasteiger partial charge in [-0.1, -0.05) is 13.8 Å². The molecule has 0 radical (unpaired) electrons. The fraction of sp³-hybridized carbons (Fsp3) is 0.750. The number of hydrogen-bond donors (Lipinski definition) is 1. The first kappa shape index (κ1) is 12.1. The third-order valence-electron chi connectivity index (χ3n) is 3.63. The molecule has 3 nitrogen and oxygen atoms in total. The van der Waals surface area contributed by atoms with Crippen LogP contribution in [0.5, 0.6) is 0 Å². The van der Waals surface area contributed by atoms with E-state index >= 15 is 0 Å². The summed E-state index contributed by atoms with van der Waals surface area (Å²) < 4.78 is 3.18. The van der Waals surface area contributed by atoms with Gasteiger partial charge >= 0.3 is 0 Å². The number of hydrogen-bond acceptors (Lipinski definition) is 2. The van der Waals surface area contributed by atoms with Crippen molar-refractivity contribution in [2.24, 2.45) is 5.92 Å². The first-order chi connectivity index (χ1) is 7.65. The molecule has 1 aliphatic carbocycles. The molecular formula is C12H19BrN2O. The van der Waals surface area contributed by atoms with Crippen LogP contribution >= 0.6 is 15.9 Å². The molecule has 1 aromatic rings. The summed E-state index contributed by atoms with van der Waals surface area (Å²) in [7, 11) is 0. The molecule has 1 aromatic heterocycles. The fourth-order valence-corrected chi connectivity index (χ4v) is 3.25. The molecule has 0 bridgehead atoms. The van der Waals surface area contributed by atoms with Crippen molar-refractivity contribution in [3.63, 3.8) is 0 Å². The predicted octanol–water partition coefficient (Wildman–Crippen LogP) is 2.93. The smallest absolute Gasteiger partial charge is 0.0635 e. The number of aliphatic hydroxyl groups is 1. The molecule has 4 heteroatoms. The van der Waals surface area contributed by atoms with Crippen LogP contribution in [0.2, 0.25) is 0 Å². The summed E-state index contributed by atoms with van der Waals surface area (Å²) >= 11 is 3.58. The molecule has 0 aliphatic heterocycles. The molecule has 3 atom stereocenters. The van der Waals surface area contributed by atoms with Crippen molar-refractivity contribution in [2.75, 3.05) is 0 Å². The van der Waals surface area contributed by atoms with Crippen molar-refractivity contribution in [3.8, 4) is 0 Å². The molecule has 2 rings (SSSR count). The van der Waals surface area contributed by atoms with Gasteiger partial charge in [-0.15, -0.1) is 0 Å². The van der Waals surface area contributed by atoms with E-state index < -0.39 is 0 Å². The van der Waals surface area contributed by atoms with Crippen LogP contribution < -0.4 is 0 Å². The summed E-state index contributed by atoms with van der Waals surface area (Å²) in [4.78, 5) is 0. The van der Waals surface area contributed by atoms with Gasteiger partial charge in [0.15, 0.2) is 0 Å². The van der Waals surface area contributed by atoms with E-state index in [2.05, 4.69) is 39.6 Å². The van der Waals surface area contributed by atoms with Gasteiger partial charge in [0.1, 0.15) is 0 Å². The van der Waals surface area contributed by atoms with E-state index in [0.29, 0.717) is 11.8 Å². The molecule has 3 unspecified atom stereocenters. The van der Waals surface area contributed by atoms with Gasteiger partial charge in [-0.2, -0.15) is 5.10 Å². The predicted molar refractivity (Wildman–Crippen MR) is 67.4 cm³/mol. The van der Waals surface area contributed by atoms with Crippen LogP contribution in [-0.2, 0) is 6.54 Å². The van der Waals surface area contributed by atoms with Crippen LogP contribution in [0.1, 0.15) is 44.7 Å². The van der Waals surface area contributed by atoms with Crippen LogP contribution in [0.15, 0.2) is 10.7 Å². The van der Waals surface area contributed by atoms with Gasteiger partial charge in [0.05, 0.1) is 22.5 Å². The Kier molecular flexibility index (Phi) is 3.70. The number of nitrogens with zero attached hydrogens (tertiary/aromatic N) is 2. The van der Waals surface area contributed by atoms with Gasteiger partial charge in [-0.25, -0.2) is 0 Å². The lowest BCUT2D eigenvalue weighted by atomic mass is 9.93. The number of aromatic nitrogens is 2. The monoisotopic (exact) mass is 286 g/mol. The molecule has 1 fully saturated rings. The fourth-order valence-electron chi connectivity index (χ4n) is 2.66. The lowest BCUT2D eigenvalue weighted by Gasteiger charge is -2.19. The Morgan fingerprint density at radius 2 is 2.31 bits per heavy atom. The van der Waals surface area contributed by atoms with E-state index in [1.807, 2.05) is 6.20 Å². The third kappa shape index (κ3) is 2.05. The zero-order valence-corrected chi connectivity index (χ0v) is 11.4. The average molecular weight is 287 g/mol. The first-order valence-corrected chi connectivity index (χ1v) is 6.83. The Balaban J connectivity index is 2.28. The van der Waals surface area contributed by atoms with Crippen molar-refractivity contribution in [1.82, 2.24) is 9.78 Å². The largest absolute Gasteiger partial charge is 0.393 e. The van der Waals surface area contributed by atoms with Gasteiger partial charge in [-0.3, -0.25) is 4.68 Å². The minimum absolute atomic E-state index is 0.151. The summed E-state index contributed by atoms with van der Waals surface area (Å²) in [6, 6.07) is 0. The highest BCUT2D eigenvalue weighted by molar-refractivity contribution is 9.10. The first-order valence-electron chi connectivity index (χ1n) is 6.04. The highest BCUT2D eigenvalue weighted by Crippen LogP contribution is 2.42. The van der Waals surface area contributed by atoms with Crippen molar-refractivity contribution < 1.29 is 5.11 Å². The Labute approximate surface area is 105 Å². The second-order valence-corrected chi connectivity index (χ2v) is 5.57. The number of aliphatic hydroxyl groups excluding tert-OH is 1. The third-order valence-corrected chi connectivity index (χ3v) is 4.25. The zero-order valence-electron chi connectivity index (χ0n) is 9.86. The molecule has 0 aromatic carbocycles. The van der Waals surface area contributed by atoms with Crippen LogP contribution in [-0.4, -0.2) is 21.0 Å². The molecule has 1 saturated carbocycles. The van der Waals surface area contributed by atoms with E-state index in [1.54, 1.807) is 0 Å². The lowest BCUT2D eigenvalue weighted by Crippen LogP contribution is -2.17. The normalized spacial score (nSPS) is 29.9. The van der Waals surface area contributed by atoms with E-state index in [1.165, 1.54) is 5.69 Å². The Bertz CT molecular complexity index is 364. The molecule has 1 heterocycles. The maximum Gasteiger partial charge on any atom is 0.0635 e. The van der Waals surface area contributed by atoms with Crippen LogP contribution in [0.3, 0.4) is 0 Å². The summed E-state index contributed by atoms with van der Waals surface area (Å²) in [6.07, 6.45) is 4.79. The topological polar surface area (TPSA) is 38.0 Å². The standard InChI is InChI=1S/C12H19BrN2O/c1-3-6-15-12(10(13)7-14-15)9-4-5-11(16)8(9)2/h7-9,11,16H,3-6H2,1-2H3. The molecule has 0 saturated heterocycles. The van der Waals surface area contributed by atoms with Crippen molar-refractivity contribution in [3.05, 3.63) is 16.4 Å². The maximum absolute atomic E-state index is 9.83. The molecule has 0 amide bonds. The van der Waals surface area contributed by atoms with Gasteiger partial charge in [-0.05, 0) is 41.1 Å². The Morgan fingerprint density at radius 1 is 1.56 bits per heavy atom. The number of aryl methyl sites for hydroxylation is 1. The average Bonchev–Trinajstić information content (AvgIpc) is 2.75. The molecular weight excluding hydrogens is 268 g/mol. The molecule has 0 spiro atoms. The van der Waals surface area contributed by atoms with Crippen molar-refractivity contribution in [2.45, 2.75) is 51.7 Å². The summed E-state index contributed by atoms with van der Waals surface area (Å²) in [6.45, 7) is 5.25. The minimum atomic E-state index is -0.151. The maximum atomic E-state index is 9.83. The lowest BCUT2D eigenvalue weighted by molar-refractivity contribution is 0.135. The van der Waals surface area contributed by atoms with E-state index in [4.69, 9.17) is 0 Å². The van der Waals surface area contributed by atoms with Crippen LogP contribution in [0.4, 0.5) is 0 Å². The zero-order chi connectivity index (χ0) is 11.7. The minimum Gasteiger partial charge on any atom is -0.393 e. The summed E-state index contributed by atoms with van der Waals surface area (Å²) in [5.74, 6) is 0.780. The highest BCUT2D eigenvalue weighted by atomic mass is 79.9. The summed E-state index contributed by atoms with van der Waals surface area (Å²) in [5.41, 5.74) is 1.27.